The summed E-state index contributed by atoms with van der Waals surface area (Å²) >= 11 is 12.1. The van der Waals surface area contributed by atoms with E-state index in [2.05, 4.69) is 20.5 Å². The van der Waals surface area contributed by atoms with Gasteiger partial charge in [0.05, 0.1) is 16.4 Å². The molecule has 5 N–H and O–H groups in total. The van der Waals surface area contributed by atoms with Crippen LogP contribution in [-0.2, 0) is 0 Å². The van der Waals surface area contributed by atoms with Gasteiger partial charge in [-0.2, -0.15) is 9.97 Å². The van der Waals surface area contributed by atoms with Gasteiger partial charge < -0.3 is 26.3 Å². The van der Waals surface area contributed by atoms with E-state index in [1.807, 2.05) is 18.5 Å². The number of hydrogen-bond donors (Lipinski definition) is 4. The normalized spacial score (nSPS) is 20.9. The Hall–Kier alpha value is -2.29. The second-order valence-electron chi connectivity index (χ2n) is 9.75. The SMILES string of the molecule is N[C@H]1CC[C@H](Nc2nc(NCCCNc3ccc(Cl)c(Cl)c3)c3ncn(C4CCCC4)c3n2)CC1. The minimum absolute atomic E-state index is 0.315. The standard InChI is InChI=1S/C25H34Cl2N8/c26-20-11-10-18(14-21(20)27)29-12-3-13-30-23-22-24(35(15-31-22)19-4-1-2-5-19)34-25(33-23)32-17-8-6-16(28)7-9-17/h10-11,14-17,19,29H,1-9,12-13,28H2,(H2,30,32,33,34)/t16-,17-. The van der Waals surface area contributed by atoms with Gasteiger partial charge in [-0.1, -0.05) is 36.0 Å². The van der Waals surface area contributed by atoms with Crippen LogP contribution >= 0.6 is 23.2 Å². The summed E-state index contributed by atoms with van der Waals surface area (Å²) in [5.74, 6) is 1.46. The average Bonchev–Trinajstić information content (AvgIpc) is 3.52. The molecule has 0 amide bonds. The molecule has 3 aromatic rings. The van der Waals surface area contributed by atoms with Crippen LogP contribution in [0.5, 0.6) is 0 Å². The maximum Gasteiger partial charge on any atom is 0.227 e. The van der Waals surface area contributed by atoms with E-state index in [-0.39, 0.29) is 0 Å². The first-order valence-corrected chi connectivity index (χ1v) is 13.5. The van der Waals surface area contributed by atoms with Crippen LogP contribution in [0.2, 0.25) is 10.0 Å². The number of nitrogens with zero attached hydrogens (tertiary/aromatic N) is 4. The zero-order valence-corrected chi connectivity index (χ0v) is 21.5. The summed E-state index contributed by atoms with van der Waals surface area (Å²) in [4.78, 5) is 14.5. The zero-order chi connectivity index (χ0) is 24.2. The fourth-order valence-electron chi connectivity index (χ4n) is 5.13. The highest BCUT2D eigenvalue weighted by molar-refractivity contribution is 6.42. The van der Waals surface area contributed by atoms with Gasteiger partial charge in [0, 0.05) is 36.9 Å². The predicted octanol–water partition coefficient (Wildman–Crippen LogP) is 5.84. The third kappa shape index (κ3) is 5.93. The highest BCUT2D eigenvalue weighted by atomic mass is 35.5. The summed E-state index contributed by atoms with van der Waals surface area (Å²) in [5, 5.41) is 11.6. The highest BCUT2D eigenvalue weighted by Gasteiger charge is 2.23. The molecular formula is C25H34Cl2N8. The largest absolute Gasteiger partial charge is 0.385 e. The Bertz CT molecular complexity index is 1140. The van der Waals surface area contributed by atoms with E-state index in [1.165, 1.54) is 25.7 Å². The predicted molar refractivity (Wildman–Crippen MR) is 145 cm³/mol. The number of nitrogens with one attached hydrogen (secondary N) is 3. The molecule has 2 aliphatic rings. The summed E-state index contributed by atoms with van der Waals surface area (Å²) in [6.07, 6.45) is 11.9. The molecule has 2 aromatic heterocycles. The van der Waals surface area contributed by atoms with E-state index in [1.54, 1.807) is 6.07 Å². The van der Waals surface area contributed by atoms with Gasteiger partial charge in [0.1, 0.15) is 0 Å². The maximum absolute atomic E-state index is 6.11. The number of rotatable bonds is 9. The van der Waals surface area contributed by atoms with Crippen molar-refractivity contribution in [1.29, 1.82) is 0 Å². The first-order valence-electron chi connectivity index (χ1n) is 12.8. The molecule has 5 rings (SSSR count). The van der Waals surface area contributed by atoms with E-state index in [4.69, 9.17) is 43.9 Å². The van der Waals surface area contributed by atoms with E-state index in [0.717, 1.165) is 67.9 Å². The summed E-state index contributed by atoms with van der Waals surface area (Å²) in [5.41, 5.74) is 8.81. The lowest BCUT2D eigenvalue weighted by Gasteiger charge is -2.27. The second-order valence-corrected chi connectivity index (χ2v) is 10.6. The lowest BCUT2D eigenvalue weighted by molar-refractivity contribution is 0.410. The van der Waals surface area contributed by atoms with E-state index in [9.17, 15) is 0 Å². The third-order valence-corrected chi connectivity index (χ3v) is 7.88. The van der Waals surface area contributed by atoms with Crippen molar-refractivity contribution in [2.45, 2.75) is 75.9 Å². The first-order chi connectivity index (χ1) is 17.1. The minimum atomic E-state index is 0.315. The number of aromatic nitrogens is 4. The number of nitrogens with two attached hydrogens (primary N) is 1. The van der Waals surface area contributed by atoms with E-state index in [0.29, 0.717) is 34.1 Å². The molecule has 1 aromatic carbocycles. The highest BCUT2D eigenvalue weighted by Crippen LogP contribution is 2.33. The van der Waals surface area contributed by atoms with Crippen LogP contribution in [0.25, 0.3) is 11.2 Å². The Labute approximate surface area is 216 Å². The van der Waals surface area contributed by atoms with Crippen LogP contribution in [0, 0.1) is 0 Å². The molecular weight excluding hydrogens is 483 g/mol. The van der Waals surface area contributed by atoms with Gasteiger partial charge in [0.15, 0.2) is 17.0 Å². The fraction of sp³-hybridized carbons (Fsp3) is 0.560. The molecule has 0 saturated heterocycles. The van der Waals surface area contributed by atoms with Crippen molar-refractivity contribution in [3.05, 3.63) is 34.6 Å². The molecule has 2 saturated carbocycles. The smallest absolute Gasteiger partial charge is 0.227 e. The molecule has 0 bridgehead atoms. The van der Waals surface area contributed by atoms with Gasteiger partial charge in [-0.15, -0.1) is 0 Å². The zero-order valence-electron chi connectivity index (χ0n) is 19.9. The average molecular weight is 518 g/mol. The van der Waals surface area contributed by atoms with Gasteiger partial charge in [-0.25, -0.2) is 4.98 Å². The molecule has 0 unspecified atom stereocenters. The molecule has 35 heavy (non-hydrogen) atoms. The molecule has 188 valence electrons. The molecule has 2 fully saturated rings. The van der Waals surface area contributed by atoms with Gasteiger partial charge in [-0.05, 0) is 63.1 Å². The molecule has 0 aliphatic heterocycles. The monoisotopic (exact) mass is 516 g/mol. The Morgan fingerprint density at radius 1 is 0.943 bits per heavy atom. The summed E-state index contributed by atoms with van der Waals surface area (Å²) in [7, 11) is 0. The Kier molecular flexibility index (Phi) is 7.80. The van der Waals surface area contributed by atoms with Crippen molar-refractivity contribution < 1.29 is 0 Å². The van der Waals surface area contributed by atoms with Gasteiger partial charge in [0.25, 0.3) is 0 Å². The Balaban J connectivity index is 1.27. The van der Waals surface area contributed by atoms with Crippen molar-refractivity contribution in [1.82, 2.24) is 19.5 Å². The summed E-state index contributed by atoms with van der Waals surface area (Å²) < 4.78 is 2.25. The maximum atomic E-state index is 6.11. The van der Waals surface area contributed by atoms with E-state index < -0.39 is 0 Å². The van der Waals surface area contributed by atoms with Crippen molar-refractivity contribution in [2.24, 2.45) is 5.73 Å². The van der Waals surface area contributed by atoms with Crippen molar-refractivity contribution >= 4 is 51.8 Å². The molecule has 2 heterocycles. The van der Waals surface area contributed by atoms with Crippen LogP contribution < -0.4 is 21.7 Å². The Morgan fingerprint density at radius 2 is 1.71 bits per heavy atom. The van der Waals surface area contributed by atoms with Crippen molar-refractivity contribution in [3.63, 3.8) is 0 Å². The third-order valence-electron chi connectivity index (χ3n) is 7.14. The molecule has 0 atom stereocenters. The molecule has 10 heteroatoms. The van der Waals surface area contributed by atoms with Crippen LogP contribution in [-0.4, -0.2) is 44.7 Å². The van der Waals surface area contributed by atoms with Gasteiger partial charge in [0.2, 0.25) is 5.95 Å². The van der Waals surface area contributed by atoms with Crippen molar-refractivity contribution in [2.75, 3.05) is 29.0 Å². The van der Waals surface area contributed by atoms with Gasteiger partial charge in [-0.3, -0.25) is 0 Å². The van der Waals surface area contributed by atoms with Crippen LogP contribution in [0.1, 0.15) is 63.8 Å². The molecule has 0 spiro atoms. The quantitative estimate of drug-likeness (QED) is 0.264. The lowest BCUT2D eigenvalue weighted by Crippen LogP contribution is -2.33. The number of halogens is 2. The molecule has 2 aliphatic carbocycles. The topological polar surface area (TPSA) is 106 Å². The fourth-order valence-corrected chi connectivity index (χ4v) is 5.43. The summed E-state index contributed by atoms with van der Waals surface area (Å²) in [6, 6.07) is 6.72. The number of fused-ring (bicyclic) bond motifs is 1. The van der Waals surface area contributed by atoms with Gasteiger partial charge >= 0.3 is 0 Å². The number of benzene rings is 1. The second kappa shape index (κ2) is 11.2. The van der Waals surface area contributed by atoms with Crippen LogP contribution in [0.3, 0.4) is 0 Å². The molecule has 0 radical (unpaired) electrons. The number of hydrogen-bond acceptors (Lipinski definition) is 7. The van der Waals surface area contributed by atoms with E-state index >= 15 is 0 Å². The minimum Gasteiger partial charge on any atom is -0.385 e. The van der Waals surface area contributed by atoms with Crippen LogP contribution in [0.15, 0.2) is 24.5 Å². The lowest BCUT2D eigenvalue weighted by atomic mass is 9.92. The number of anilines is 3. The van der Waals surface area contributed by atoms with Crippen LogP contribution in [0.4, 0.5) is 17.5 Å². The van der Waals surface area contributed by atoms with Crippen molar-refractivity contribution in [3.8, 4) is 0 Å². The molecule has 8 nitrogen and oxygen atoms in total. The Morgan fingerprint density at radius 3 is 2.49 bits per heavy atom. The number of imidazole rings is 1. The summed E-state index contributed by atoms with van der Waals surface area (Å²) in [6.45, 7) is 1.55. The first kappa shape index (κ1) is 24.4.